The molecule has 0 bridgehead atoms. The van der Waals surface area contributed by atoms with Gasteiger partial charge in [-0.3, -0.25) is 0 Å². The van der Waals surface area contributed by atoms with Crippen molar-refractivity contribution in [2.45, 2.75) is 37.3 Å². The van der Waals surface area contributed by atoms with E-state index in [-0.39, 0.29) is 10.3 Å². The lowest BCUT2D eigenvalue weighted by atomic mass is 9.84. The minimum absolute atomic E-state index is 0.0325. The highest BCUT2D eigenvalue weighted by Gasteiger charge is 2.27. The van der Waals surface area contributed by atoms with Crippen LogP contribution in [0.2, 0.25) is 0 Å². The van der Waals surface area contributed by atoms with E-state index in [1.54, 1.807) is 0 Å². The van der Waals surface area contributed by atoms with Gasteiger partial charge in [-0.25, -0.2) is 8.42 Å². The Hall–Kier alpha value is -0.880. The standard InChI is InChI=1S/C14H20ClF2NO2S/c1-3-14(4-2,9-15)10-18-11-5-7-12(8-6-11)21(19,20)13(16)17/h5-8,13,18H,3-4,9-10H2,1-2H3. The Kier molecular flexibility index (Phi) is 6.41. The van der Waals surface area contributed by atoms with E-state index in [1.807, 2.05) is 0 Å². The molecule has 0 spiro atoms. The van der Waals surface area contributed by atoms with Crippen LogP contribution >= 0.6 is 11.6 Å². The molecule has 1 aromatic rings. The van der Waals surface area contributed by atoms with Crippen LogP contribution in [0.5, 0.6) is 0 Å². The number of nitrogens with one attached hydrogen (secondary N) is 1. The number of benzene rings is 1. The predicted molar refractivity (Wildman–Crippen MR) is 81.9 cm³/mol. The summed E-state index contributed by atoms with van der Waals surface area (Å²) < 4.78 is 47.5. The molecule has 0 aromatic heterocycles. The van der Waals surface area contributed by atoms with Crippen LogP contribution in [-0.2, 0) is 9.84 Å². The molecule has 0 atom stereocenters. The molecule has 0 radical (unpaired) electrons. The van der Waals surface area contributed by atoms with E-state index in [0.717, 1.165) is 12.8 Å². The van der Waals surface area contributed by atoms with Crippen molar-refractivity contribution in [2.75, 3.05) is 17.7 Å². The van der Waals surface area contributed by atoms with Crippen molar-refractivity contribution in [3.63, 3.8) is 0 Å². The van der Waals surface area contributed by atoms with Gasteiger partial charge in [0.2, 0.25) is 9.84 Å². The maximum absolute atomic E-state index is 12.4. The largest absolute Gasteiger partial charge is 0.384 e. The Morgan fingerprint density at radius 1 is 1.19 bits per heavy atom. The molecule has 120 valence electrons. The molecule has 0 amide bonds. The maximum atomic E-state index is 12.4. The fourth-order valence-electron chi connectivity index (χ4n) is 1.89. The number of anilines is 1. The lowest BCUT2D eigenvalue weighted by Gasteiger charge is -2.30. The lowest BCUT2D eigenvalue weighted by molar-refractivity contribution is 0.234. The molecule has 3 nitrogen and oxygen atoms in total. The number of rotatable bonds is 8. The number of hydrogen-bond acceptors (Lipinski definition) is 3. The van der Waals surface area contributed by atoms with Crippen LogP contribution in [0.1, 0.15) is 26.7 Å². The van der Waals surface area contributed by atoms with Crippen LogP contribution < -0.4 is 5.32 Å². The first-order chi connectivity index (χ1) is 9.81. The summed E-state index contributed by atoms with van der Waals surface area (Å²) in [6.45, 7) is 4.77. The van der Waals surface area contributed by atoms with Gasteiger partial charge >= 0.3 is 5.76 Å². The Morgan fingerprint density at radius 2 is 1.71 bits per heavy atom. The maximum Gasteiger partial charge on any atom is 0.341 e. The Labute approximate surface area is 129 Å². The van der Waals surface area contributed by atoms with Crippen LogP contribution in [0.25, 0.3) is 0 Å². The minimum Gasteiger partial charge on any atom is -0.384 e. The number of sulfone groups is 1. The molecule has 1 rings (SSSR count). The van der Waals surface area contributed by atoms with Crippen molar-refractivity contribution < 1.29 is 17.2 Å². The molecule has 0 saturated heterocycles. The summed E-state index contributed by atoms with van der Waals surface area (Å²) in [5.74, 6) is -2.88. The fourth-order valence-corrected chi connectivity index (χ4v) is 3.08. The Bertz CT molecular complexity index is 534. The van der Waals surface area contributed by atoms with E-state index in [2.05, 4.69) is 19.2 Å². The van der Waals surface area contributed by atoms with E-state index < -0.39 is 15.6 Å². The van der Waals surface area contributed by atoms with Crippen molar-refractivity contribution in [3.05, 3.63) is 24.3 Å². The van der Waals surface area contributed by atoms with Gasteiger partial charge in [-0.1, -0.05) is 13.8 Å². The van der Waals surface area contributed by atoms with Crippen LogP contribution in [-0.4, -0.2) is 26.6 Å². The van der Waals surface area contributed by atoms with Gasteiger partial charge in [-0.05, 0) is 37.1 Å². The zero-order chi connectivity index (χ0) is 16.1. The first-order valence-corrected chi connectivity index (χ1v) is 8.81. The van der Waals surface area contributed by atoms with Gasteiger partial charge < -0.3 is 5.32 Å². The molecule has 0 saturated carbocycles. The predicted octanol–water partition coefficient (Wildman–Crippen LogP) is 4.14. The van der Waals surface area contributed by atoms with Gasteiger partial charge in [0, 0.05) is 23.5 Å². The van der Waals surface area contributed by atoms with Crippen molar-refractivity contribution in [3.8, 4) is 0 Å². The molecule has 0 heterocycles. The zero-order valence-electron chi connectivity index (χ0n) is 12.1. The number of alkyl halides is 3. The van der Waals surface area contributed by atoms with E-state index >= 15 is 0 Å². The molecule has 0 aliphatic heterocycles. The van der Waals surface area contributed by atoms with Gasteiger partial charge in [0.1, 0.15) is 0 Å². The smallest absolute Gasteiger partial charge is 0.341 e. The normalized spacial score (nSPS) is 12.7. The molecule has 0 fully saturated rings. The van der Waals surface area contributed by atoms with Crippen molar-refractivity contribution in [1.82, 2.24) is 0 Å². The summed E-state index contributed by atoms with van der Waals surface area (Å²) >= 11 is 6.01. The molecule has 7 heteroatoms. The van der Waals surface area contributed by atoms with Gasteiger partial charge in [-0.2, -0.15) is 8.78 Å². The first-order valence-electron chi connectivity index (χ1n) is 6.73. The van der Waals surface area contributed by atoms with Crippen molar-refractivity contribution in [1.29, 1.82) is 0 Å². The van der Waals surface area contributed by atoms with Crippen molar-refractivity contribution in [2.24, 2.45) is 5.41 Å². The average Bonchev–Trinajstić information content (AvgIpc) is 2.49. The highest BCUT2D eigenvalue weighted by atomic mass is 35.5. The van der Waals surface area contributed by atoms with Gasteiger partial charge in [0.15, 0.2) is 0 Å². The summed E-state index contributed by atoms with van der Waals surface area (Å²) in [4.78, 5) is -0.377. The minimum atomic E-state index is -4.53. The second kappa shape index (κ2) is 7.40. The second-order valence-electron chi connectivity index (χ2n) is 5.02. The molecule has 21 heavy (non-hydrogen) atoms. The van der Waals surface area contributed by atoms with Crippen LogP contribution in [0.4, 0.5) is 14.5 Å². The molecule has 0 unspecified atom stereocenters. The quantitative estimate of drug-likeness (QED) is 0.724. The fraction of sp³-hybridized carbons (Fsp3) is 0.571. The molecule has 0 aliphatic carbocycles. The van der Waals surface area contributed by atoms with E-state index in [1.165, 1.54) is 24.3 Å². The van der Waals surface area contributed by atoms with Crippen molar-refractivity contribution >= 4 is 27.1 Å². The first kappa shape index (κ1) is 18.2. The topological polar surface area (TPSA) is 46.2 Å². The van der Waals surface area contributed by atoms with Crippen LogP contribution in [0.3, 0.4) is 0 Å². The lowest BCUT2D eigenvalue weighted by Crippen LogP contribution is -2.30. The molecule has 0 aliphatic rings. The monoisotopic (exact) mass is 339 g/mol. The summed E-state index contributed by atoms with van der Waals surface area (Å²) in [6.07, 6.45) is 1.83. The summed E-state index contributed by atoms with van der Waals surface area (Å²) in [5.41, 5.74) is 0.648. The van der Waals surface area contributed by atoms with Gasteiger partial charge in [0.05, 0.1) is 4.90 Å². The third-order valence-corrected chi connectivity index (χ3v) is 5.83. The third kappa shape index (κ3) is 4.30. The Morgan fingerprint density at radius 3 is 2.10 bits per heavy atom. The third-order valence-electron chi connectivity index (χ3n) is 3.87. The summed E-state index contributed by atoms with van der Waals surface area (Å²) in [7, 11) is -4.53. The highest BCUT2D eigenvalue weighted by molar-refractivity contribution is 7.91. The molecular weight excluding hydrogens is 320 g/mol. The van der Waals surface area contributed by atoms with Crippen LogP contribution in [0.15, 0.2) is 29.2 Å². The summed E-state index contributed by atoms with van der Waals surface area (Å²) in [5, 5.41) is 3.18. The second-order valence-corrected chi connectivity index (χ2v) is 7.21. The summed E-state index contributed by atoms with van der Waals surface area (Å²) in [6, 6.07) is 5.34. The van der Waals surface area contributed by atoms with Crippen LogP contribution in [0, 0.1) is 5.41 Å². The number of hydrogen-bond donors (Lipinski definition) is 1. The Balaban J connectivity index is 2.81. The van der Waals surface area contributed by atoms with E-state index in [0.29, 0.717) is 18.1 Å². The molecule has 1 aromatic carbocycles. The van der Waals surface area contributed by atoms with E-state index in [4.69, 9.17) is 11.6 Å². The average molecular weight is 340 g/mol. The van der Waals surface area contributed by atoms with Gasteiger partial charge in [-0.15, -0.1) is 11.6 Å². The SMILES string of the molecule is CCC(CC)(CCl)CNc1ccc(S(=O)(=O)C(F)F)cc1. The highest BCUT2D eigenvalue weighted by Crippen LogP contribution is 2.29. The van der Waals surface area contributed by atoms with Gasteiger partial charge in [0.25, 0.3) is 0 Å². The molecule has 1 N–H and O–H groups in total. The number of halogens is 3. The molecular formula is C14H20ClF2NO2S. The zero-order valence-corrected chi connectivity index (χ0v) is 13.6. The van der Waals surface area contributed by atoms with E-state index in [9.17, 15) is 17.2 Å².